The molecule has 0 fully saturated rings. The first-order valence-electron chi connectivity index (χ1n) is 11.0. The molecule has 28 heavy (non-hydrogen) atoms. The highest BCUT2D eigenvalue weighted by Crippen LogP contribution is 2.12. The second kappa shape index (κ2) is 18.5. The van der Waals surface area contributed by atoms with Gasteiger partial charge in [-0.1, -0.05) is 77.7 Å². The summed E-state index contributed by atoms with van der Waals surface area (Å²) >= 11 is 0. The molecule has 0 amide bonds. The van der Waals surface area contributed by atoms with E-state index < -0.39 is 0 Å². The molecule has 0 heterocycles. The lowest BCUT2D eigenvalue weighted by Gasteiger charge is -2.07. The Kier molecular flexibility index (Phi) is 17.3. The summed E-state index contributed by atoms with van der Waals surface area (Å²) in [6.45, 7) is 9.27. The maximum Gasteiger partial charge on any atom is 0.333 e. The van der Waals surface area contributed by atoms with Crippen LogP contribution in [0.5, 0.6) is 0 Å². The standard InChI is InChI=1S/C24H40O4/c1-5-9-15-21(23(25)27-19-11-7-3)17-13-14-18-22(16-10-6-2)24(26)28-20-12-8-4/h13-14,17-18H,5-12,15-16,19-20H2,1-4H3/b14-13+,21-17+,22-18+. The van der Waals surface area contributed by atoms with Crippen molar-refractivity contribution in [2.24, 2.45) is 0 Å². The van der Waals surface area contributed by atoms with Crippen molar-refractivity contribution in [2.45, 2.75) is 91.9 Å². The van der Waals surface area contributed by atoms with Crippen molar-refractivity contribution in [2.75, 3.05) is 13.2 Å². The zero-order valence-corrected chi connectivity index (χ0v) is 18.4. The van der Waals surface area contributed by atoms with E-state index in [1.54, 1.807) is 12.2 Å². The van der Waals surface area contributed by atoms with Gasteiger partial charge in [0.15, 0.2) is 0 Å². The fourth-order valence-corrected chi connectivity index (χ4v) is 2.39. The Balaban J connectivity index is 5.03. The third-order valence-corrected chi connectivity index (χ3v) is 4.29. The van der Waals surface area contributed by atoms with E-state index in [0.29, 0.717) is 37.2 Å². The van der Waals surface area contributed by atoms with Gasteiger partial charge in [-0.25, -0.2) is 9.59 Å². The molecule has 4 nitrogen and oxygen atoms in total. The summed E-state index contributed by atoms with van der Waals surface area (Å²) < 4.78 is 10.7. The van der Waals surface area contributed by atoms with Gasteiger partial charge in [-0.2, -0.15) is 0 Å². The van der Waals surface area contributed by atoms with Gasteiger partial charge >= 0.3 is 11.9 Å². The van der Waals surface area contributed by atoms with Crippen LogP contribution in [0.3, 0.4) is 0 Å². The molecule has 0 atom stereocenters. The van der Waals surface area contributed by atoms with Gasteiger partial charge in [-0.05, 0) is 38.5 Å². The van der Waals surface area contributed by atoms with Gasteiger partial charge in [-0.3, -0.25) is 0 Å². The molecule has 0 saturated heterocycles. The van der Waals surface area contributed by atoms with Crippen molar-refractivity contribution in [3.63, 3.8) is 0 Å². The lowest BCUT2D eigenvalue weighted by molar-refractivity contribution is -0.140. The summed E-state index contributed by atoms with van der Waals surface area (Å²) in [4.78, 5) is 24.5. The Morgan fingerprint density at radius 2 is 0.964 bits per heavy atom. The highest BCUT2D eigenvalue weighted by Gasteiger charge is 2.10. The summed E-state index contributed by atoms with van der Waals surface area (Å²) in [6.07, 6.45) is 16.4. The molecule has 0 radical (unpaired) electrons. The molecule has 0 rings (SSSR count). The van der Waals surface area contributed by atoms with E-state index in [1.165, 1.54) is 0 Å². The second-order valence-corrected chi connectivity index (χ2v) is 6.95. The van der Waals surface area contributed by atoms with Crippen LogP contribution in [-0.2, 0) is 19.1 Å². The first-order chi connectivity index (χ1) is 13.6. The van der Waals surface area contributed by atoms with Crippen LogP contribution >= 0.6 is 0 Å². The molecule has 0 aromatic carbocycles. The molecule has 0 bridgehead atoms. The van der Waals surface area contributed by atoms with Gasteiger partial charge in [-0.15, -0.1) is 0 Å². The van der Waals surface area contributed by atoms with E-state index in [0.717, 1.165) is 51.4 Å². The van der Waals surface area contributed by atoms with Gasteiger partial charge in [0, 0.05) is 11.1 Å². The summed E-state index contributed by atoms with van der Waals surface area (Å²) in [7, 11) is 0. The highest BCUT2D eigenvalue weighted by molar-refractivity contribution is 5.89. The largest absolute Gasteiger partial charge is 0.462 e. The summed E-state index contributed by atoms with van der Waals surface area (Å²) in [6, 6.07) is 0. The first kappa shape index (κ1) is 26.2. The van der Waals surface area contributed by atoms with Crippen molar-refractivity contribution >= 4 is 11.9 Å². The molecule has 0 aliphatic carbocycles. The summed E-state index contributed by atoms with van der Waals surface area (Å²) in [5.74, 6) is -0.471. The molecular formula is C24H40O4. The topological polar surface area (TPSA) is 52.6 Å². The fraction of sp³-hybridized carbons (Fsp3) is 0.667. The van der Waals surface area contributed by atoms with Gasteiger partial charge in [0.25, 0.3) is 0 Å². The van der Waals surface area contributed by atoms with E-state index in [1.807, 2.05) is 12.2 Å². The molecular weight excluding hydrogens is 352 g/mol. The van der Waals surface area contributed by atoms with Crippen LogP contribution in [0.2, 0.25) is 0 Å². The normalized spacial score (nSPS) is 12.4. The Hall–Kier alpha value is -1.84. The predicted octanol–water partition coefficient (Wildman–Crippen LogP) is 6.46. The number of allylic oxidation sites excluding steroid dienone is 4. The molecule has 160 valence electrons. The van der Waals surface area contributed by atoms with E-state index in [9.17, 15) is 9.59 Å². The first-order valence-corrected chi connectivity index (χ1v) is 11.0. The van der Waals surface area contributed by atoms with Gasteiger partial charge in [0.2, 0.25) is 0 Å². The number of carbonyl (C=O) groups is 2. The molecule has 0 spiro atoms. The minimum Gasteiger partial charge on any atom is -0.462 e. The third kappa shape index (κ3) is 13.3. The van der Waals surface area contributed by atoms with Crippen molar-refractivity contribution in [1.29, 1.82) is 0 Å². The van der Waals surface area contributed by atoms with Gasteiger partial charge in [0.05, 0.1) is 13.2 Å². The highest BCUT2D eigenvalue weighted by atomic mass is 16.5. The predicted molar refractivity (Wildman–Crippen MR) is 116 cm³/mol. The average Bonchev–Trinajstić information content (AvgIpc) is 2.69. The Morgan fingerprint density at radius 3 is 1.29 bits per heavy atom. The fourth-order valence-electron chi connectivity index (χ4n) is 2.39. The number of esters is 2. The number of unbranched alkanes of at least 4 members (excludes halogenated alkanes) is 4. The lowest BCUT2D eigenvalue weighted by Crippen LogP contribution is -2.09. The monoisotopic (exact) mass is 392 g/mol. The number of hydrogen-bond donors (Lipinski definition) is 0. The van der Waals surface area contributed by atoms with E-state index in [4.69, 9.17) is 9.47 Å². The molecule has 0 N–H and O–H groups in total. The average molecular weight is 393 g/mol. The number of carbonyl (C=O) groups excluding carboxylic acids is 2. The minimum atomic E-state index is -0.235. The molecule has 4 heteroatoms. The maximum atomic E-state index is 12.2. The Labute approximate surface area is 172 Å². The van der Waals surface area contributed by atoms with Crippen LogP contribution in [0, 0.1) is 0 Å². The zero-order valence-electron chi connectivity index (χ0n) is 18.4. The van der Waals surface area contributed by atoms with Gasteiger partial charge < -0.3 is 9.47 Å². The molecule has 0 aromatic heterocycles. The van der Waals surface area contributed by atoms with Crippen LogP contribution in [0.1, 0.15) is 91.9 Å². The molecule has 0 unspecified atom stereocenters. The van der Waals surface area contributed by atoms with Crippen molar-refractivity contribution in [1.82, 2.24) is 0 Å². The third-order valence-electron chi connectivity index (χ3n) is 4.29. The Morgan fingerprint density at radius 1 is 0.607 bits per heavy atom. The smallest absolute Gasteiger partial charge is 0.333 e. The van der Waals surface area contributed by atoms with Gasteiger partial charge in [0.1, 0.15) is 0 Å². The molecule has 0 aliphatic heterocycles. The lowest BCUT2D eigenvalue weighted by atomic mass is 10.1. The number of hydrogen-bond acceptors (Lipinski definition) is 4. The van der Waals surface area contributed by atoms with E-state index >= 15 is 0 Å². The van der Waals surface area contributed by atoms with Crippen LogP contribution in [0.25, 0.3) is 0 Å². The number of rotatable bonds is 16. The maximum absolute atomic E-state index is 12.2. The molecule has 0 aromatic rings. The van der Waals surface area contributed by atoms with Crippen LogP contribution < -0.4 is 0 Å². The van der Waals surface area contributed by atoms with Crippen LogP contribution in [0.4, 0.5) is 0 Å². The SMILES string of the molecule is CCCCOC(=O)/C(=C/C=C/C=C(\CCCC)C(=O)OCCCC)CCCC. The van der Waals surface area contributed by atoms with Crippen LogP contribution in [-0.4, -0.2) is 25.2 Å². The molecule has 0 aliphatic rings. The summed E-state index contributed by atoms with van der Waals surface area (Å²) in [5.41, 5.74) is 1.37. The van der Waals surface area contributed by atoms with Crippen LogP contribution in [0.15, 0.2) is 35.5 Å². The van der Waals surface area contributed by atoms with Crippen molar-refractivity contribution < 1.29 is 19.1 Å². The minimum absolute atomic E-state index is 0.235. The number of ether oxygens (including phenoxy) is 2. The van der Waals surface area contributed by atoms with E-state index in [2.05, 4.69) is 27.7 Å². The second-order valence-electron chi connectivity index (χ2n) is 6.95. The van der Waals surface area contributed by atoms with Crippen molar-refractivity contribution in [3.05, 3.63) is 35.5 Å². The quantitative estimate of drug-likeness (QED) is 0.131. The van der Waals surface area contributed by atoms with E-state index in [-0.39, 0.29) is 11.9 Å². The summed E-state index contributed by atoms with van der Waals surface area (Å²) in [5, 5.41) is 0. The Bertz CT molecular complexity index is 469. The zero-order chi connectivity index (χ0) is 21.0. The van der Waals surface area contributed by atoms with Crippen molar-refractivity contribution in [3.8, 4) is 0 Å². The molecule has 0 saturated carbocycles.